The van der Waals surface area contributed by atoms with E-state index in [0.29, 0.717) is 37.6 Å². The zero-order valence-electron chi connectivity index (χ0n) is 18.0. The van der Waals surface area contributed by atoms with Crippen LogP contribution in [0.3, 0.4) is 0 Å². The highest BCUT2D eigenvalue weighted by Crippen LogP contribution is 2.19. The summed E-state index contributed by atoms with van der Waals surface area (Å²) in [6.07, 6.45) is 4.93. The molecule has 12 heteroatoms. The van der Waals surface area contributed by atoms with Crippen molar-refractivity contribution in [3.05, 3.63) is 48.2 Å². The number of hydrogen-bond acceptors (Lipinski definition) is 7. The highest BCUT2D eigenvalue weighted by Gasteiger charge is 2.27. The number of nitrogens with zero attached hydrogens (tertiary/aromatic N) is 5. The Morgan fingerprint density at radius 1 is 1.30 bits per heavy atom. The molecule has 174 valence electrons. The molecule has 2 atom stereocenters. The van der Waals surface area contributed by atoms with Crippen molar-refractivity contribution in [2.24, 2.45) is 7.05 Å². The number of piperidine rings is 1. The number of halogens is 1. The van der Waals surface area contributed by atoms with Crippen LogP contribution in [0.1, 0.15) is 27.4 Å². The molecule has 1 aliphatic heterocycles. The molecule has 0 aliphatic carbocycles. The maximum Gasteiger partial charge on any atom is 0.274 e. The Morgan fingerprint density at radius 3 is 2.94 bits per heavy atom. The fourth-order valence-electron chi connectivity index (χ4n) is 3.61. The first-order valence-electron chi connectivity index (χ1n) is 10.5. The maximum atomic E-state index is 12.9. The quantitative estimate of drug-likeness (QED) is 0.370. The number of carbonyl (C=O) groups is 2. The molecule has 1 saturated heterocycles. The Bertz CT molecular complexity index is 1140. The number of nitrogens with one attached hydrogen (secondary N) is 3. The smallest absolute Gasteiger partial charge is 0.274 e. The predicted octanol–water partition coefficient (Wildman–Crippen LogP) is 0.622. The van der Waals surface area contributed by atoms with Gasteiger partial charge in [0.05, 0.1) is 36.3 Å². The number of aliphatic hydroxyl groups excluding tert-OH is 1. The molecular formula is C21H25ClN8O3. The number of alkyl halides is 1. The number of aryl methyl sites for hydroxylation is 2. The van der Waals surface area contributed by atoms with Crippen LogP contribution in [-0.2, 0) is 13.6 Å². The van der Waals surface area contributed by atoms with Crippen LogP contribution >= 0.6 is 11.6 Å². The van der Waals surface area contributed by atoms with Crippen molar-refractivity contribution in [3.8, 4) is 11.3 Å². The number of hydrogen-bond donors (Lipinski definition) is 4. The fraction of sp³-hybridized carbons (Fsp3) is 0.381. The summed E-state index contributed by atoms with van der Waals surface area (Å²) in [7, 11) is 1.66. The van der Waals surface area contributed by atoms with Crippen molar-refractivity contribution in [2.45, 2.75) is 25.1 Å². The van der Waals surface area contributed by atoms with Crippen molar-refractivity contribution >= 4 is 29.1 Å². The second-order valence-corrected chi connectivity index (χ2v) is 8.13. The number of aromatic nitrogens is 5. The van der Waals surface area contributed by atoms with Gasteiger partial charge in [-0.05, 0) is 25.1 Å². The second kappa shape index (κ2) is 10.1. The summed E-state index contributed by atoms with van der Waals surface area (Å²) in [6, 6.07) is 4.71. The monoisotopic (exact) mass is 472 g/mol. The van der Waals surface area contributed by atoms with E-state index < -0.39 is 17.9 Å². The highest BCUT2D eigenvalue weighted by molar-refractivity contribution is 6.17. The molecule has 4 rings (SSSR count). The maximum absolute atomic E-state index is 12.9. The van der Waals surface area contributed by atoms with Gasteiger partial charge < -0.3 is 21.1 Å². The third-order valence-corrected chi connectivity index (χ3v) is 5.45. The average molecular weight is 473 g/mol. The summed E-state index contributed by atoms with van der Waals surface area (Å²) >= 11 is 5.75. The molecule has 2 unspecified atom stereocenters. The predicted molar refractivity (Wildman–Crippen MR) is 122 cm³/mol. The fourth-order valence-corrected chi connectivity index (χ4v) is 3.78. The van der Waals surface area contributed by atoms with Gasteiger partial charge in [-0.3, -0.25) is 19.0 Å². The van der Waals surface area contributed by atoms with Gasteiger partial charge in [0.25, 0.3) is 11.8 Å². The van der Waals surface area contributed by atoms with Gasteiger partial charge in [0, 0.05) is 37.4 Å². The van der Waals surface area contributed by atoms with Crippen molar-refractivity contribution in [2.75, 3.05) is 24.3 Å². The largest absolute Gasteiger partial charge is 0.390 e. The van der Waals surface area contributed by atoms with E-state index in [2.05, 4.69) is 31.1 Å². The van der Waals surface area contributed by atoms with E-state index in [-0.39, 0.29) is 23.1 Å². The van der Waals surface area contributed by atoms with E-state index in [1.807, 2.05) is 6.20 Å². The first kappa shape index (κ1) is 22.9. The third-order valence-electron chi connectivity index (χ3n) is 5.28. The molecule has 0 radical (unpaired) electrons. The molecule has 1 fully saturated rings. The molecule has 0 aromatic carbocycles. The number of aliphatic hydroxyl groups is 1. The molecular weight excluding hydrogens is 448 g/mol. The van der Waals surface area contributed by atoms with E-state index in [1.54, 1.807) is 42.3 Å². The van der Waals surface area contributed by atoms with Gasteiger partial charge in [-0.2, -0.15) is 10.2 Å². The minimum Gasteiger partial charge on any atom is -0.390 e. The van der Waals surface area contributed by atoms with E-state index in [0.717, 1.165) is 5.56 Å². The van der Waals surface area contributed by atoms with E-state index in [1.165, 1.54) is 4.68 Å². The van der Waals surface area contributed by atoms with E-state index >= 15 is 0 Å². The van der Waals surface area contributed by atoms with Crippen LogP contribution in [0.15, 0.2) is 36.8 Å². The van der Waals surface area contributed by atoms with Gasteiger partial charge in [-0.25, -0.2) is 4.98 Å². The van der Waals surface area contributed by atoms with Crippen LogP contribution in [0.5, 0.6) is 0 Å². The number of anilines is 1. The lowest BCUT2D eigenvalue weighted by atomic mass is 10.0. The van der Waals surface area contributed by atoms with Crippen molar-refractivity contribution in [1.82, 2.24) is 35.2 Å². The topological polar surface area (TPSA) is 139 Å². The Balaban J connectivity index is 1.49. The summed E-state index contributed by atoms with van der Waals surface area (Å²) in [5.74, 6) is -0.506. The molecule has 4 N–H and O–H groups in total. The van der Waals surface area contributed by atoms with Gasteiger partial charge in [-0.1, -0.05) is 6.07 Å². The lowest BCUT2D eigenvalue weighted by molar-refractivity contribution is 0.0761. The van der Waals surface area contributed by atoms with Gasteiger partial charge in [-0.15, -0.1) is 11.6 Å². The normalized spacial score (nSPS) is 18.2. The molecule has 11 nitrogen and oxygen atoms in total. The number of carbonyl (C=O) groups excluding carboxylic acids is 2. The molecule has 0 saturated carbocycles. The third kappa shape index (κ3) is 5.38. The summed E-state index contributed by atoms with van der Waals surface area (Å²) in [6.45, 7) is 1.67. The molecule has 2 amide bonds. The summed E-state index contributed by atoms with van der Waals surface area (Å²) in [4.78, 5) is 30.1. The Kier molecular flexibility index (Phi) is 7.02. The summed E-state index contributed by atoms with van der Waals surface area (Å²) < 4.78 is 3.15. The lowest BCUT2D eigenvalue weighted by Gasteiger charge is -2.28. The van der Waals surface area contributed by atoms with Crippen LogP contribution in [0.2, 0.25) is 0 Å². The first-order chi connectivity index (χ1) is 15.9. The SMILES string of the molecule is Cn1cc(NC(=O)c2cccc(-c3cnn(CCCl)c3)n2)c(C(=O)NC2CCNCC2O)n1. The van der Waals surface area contributed by atoms with Gasteiger partial charge in [0.1, 0.15) is 5.69 Å². The Hall–Kier alpha value is -3.28. The number of amides is 2. The standard InChI is InChI=1S/C21H25ClN8O3/c1-29-12-17(19(28-29)21(33)26-15-5-7-23-10-18(15)31)27-20(32)16-4-2-3-14(25-16)13-9-24-30(11-13)8-6-22/h2-4,9,11-12,15,18,23,31H,5-8,10H2,1H3,(H,26,33)(H,27,32). The molecule has 0 spiro atoms. The molecule has 4 heterocycles. The molecule has 3 aromatic heterocycles. The minimum absolute atomic E-state index is 0.0649. The van der Waals surface area contributed by atoms with Gasteiger partial charge >= 0.3 is 0 Å². The van der Waals surface area contributed by atoms with Gasteiger partial charge in [0.15, 0.2) is 5.69 Å². The molecule has 3 aromatic rings. The second-order valence-electron chi connectivity index (χ2n) is 7.75. The lowest BCUT2D eigenvalue weighted by Crippen LogP contribution is -2.52. The zero-order chi connectivity index (χ0) is 23.4. The highest BCUT2D eigenvalue weighted by atomic mass is 35.5. The number of pyridine rings is 1. The number of rotatable bonds is 7. The number of β-amino-alcohol motifs (C(OH)–C–C–N with tert-alkyl or cyclic N) is 1. The van der Waals surface area contributed by atoms with E-state index in [9.17, 15) is 14.7 Å². The minimum atomic E-state index is -0.690. The molecule has 1 aliphatic rings. The van der Waals surface area contributed by atoms with Crippen LogP contribution in [-0.4, -0.2) is 72.6 Å². The first-order valence-corrected chi connectivity index (χ1v) is 11.1. The average Bonchev–Trinajstić information content (AvgIpc) is 3.42. The molecule has 0 bridgehead atoms. The summed E-state index contributed by atoms with van der Waals surface area (Å²) in [5, 5.41) is 27.1. The Labute approximate surface area is 195 Å². The van der Waals surface area contributed by atoms with E-state index in [4.69, 9.17) is 11.6 Å². The van der Waals surface area contributed by atoms with Crippen LogP contribution in [0.4, 0.5) is 5.69 Å². The van der Waals surface area contributed by atoms with Gasteiger partial charge in [0.2, 0.25) is 0 Å². The Morgan fingerprint density at radius 2 is 2.15 bits per heavy atom. The zero-order valence-corrected chi connectivity index (χ0v) is 18.8. The summed E-state index contributed by atoms with van der Waals surface area (Å²) in [5.41, 5.74) is 1.85. The van der Waals surface area contributed by atoms with Crippen LogP contribution in [0.25, 0.3) is 11.3 Å². The van der Waals surface area contributed by atoms with Crippen LogP contribution < -0.4 is 16.0 Å². The van der Waals surface area contributed by atoms with Crippen molar-refractivity contribution < 1.29 is 14.7 Å². The van der Waals surface area contributed by atoms with Crippen molar-refractivity contribution in [1.29, 1.82) is 0 Å². The molecule has 33 heavy (non-hydrogen) atoms. The van der Waals surface area contributed by atoms with Crippen molar-refractivity contribution in [3.63, 3.8) is 0 Å². The van der Waals surface area contributed by atoms with Crippen LogP contribution in [0, 0.1) is 0 Å².